The van der Waals surface area contributed by atoms with E-state index in [0.29, 0.717) is 29.6 Å². The van der Waals surface area contributed by atoms with Gasteiger partial charge in [-0.3, -0.25) is 4.79 Å². The second-order valence-electron chi connectivity index (χ2n) is 9.86. The highest BCUT2D eigenvalue weighted by molar-refractivity contribution is 7.97. The highest BCUT2D eigenvalue weighted by Crippen LogP contribution is 2.28. The maximum atomic E-state index is 10.8. The van der Waals surface area contributed by atoms with Crippen molar-refractivity contribution in [2.75, 3.05) is 20.1 Å². The number of likely N-dealkylation sites (N-methyl/N-ethyl adjacent to an activating group) is 1. The molecule has 0 bridgehead atoms. The molecule has 8 heteroatoms. The first-order chi connectivity index (χ1) is 17.5. The van der Waals surface area contributed by atoms with Crippen molar-refractivity contribution < 1.29 is 15.0 Å². The quantitative estimate of drug-likeness (QED) is 0.205. The molecule has 0 saturated carbocycles. The summed E-state index contributed by atoms with van der Waals surface area (Å²) in [4.78, 5) is 11.9. The van der Waals surface area contributed by atoms with Gasteiger partial charge in [0, 0.05) is 29.9 Å². The average Bonchev–Trinajstić information content (AvgIpc) is 2.84. The molecule has 0 aliphatic heterocycles. The van der Waals surface area contributed by atoms with Crippen molar-refractivity contribution >= 4 is 41.1 Å². The lowest BCUT2D eigenvalue weighted by molar-refractivity contribution is -0.136. The van der Waals surface area contributed by atoms with Crippen LogP contribution >= 0.6 is 35.1 Å². The Labute approximate surface area is 233 Å². The summed E-state index contributed by atoms with van der Waals surface area (Å²) in [7, 11) is 1.97. The summed E-state index contributed by atoms with van der Waals surface area (Å²) in [5.41, 5.74) is 4.05. The number of carboxylic acid groups (broad SMARTS) is 1. The average molecular weight is 562 g/mol. The van der Waals surface area contributed by atoms with E-state index >= 15 is 0 Å². The number of nitrogens with zero attached hydrogens (tertiary/aromatic N) is 1. The summed E-state index contributed by atoms with van der Waals surface area (Å²) >= 11 is 13.8. The maximum absolute atomic E-state index is 10.8. The van der Waals surface area contributed by atoms with Gasteiger partial charge in [0.15, 0.2) is 0 Å². The Balaban J connectivity index is 1.49. The van der Waals surface area contributed by atoms with Gasteiger partial charge in [0.2, 0.25) is 0 Å². The number of halogens is 2. The van der Waals surface area contributed by atoms with Crippen LogP contribution in [0.5, 0.6) is 0 Å². The first-order valence-corrected chi connectivity index (χ1v) is 13.7. The van der Waals surface area contributed by atoms with Crippen molar-refractivity contribution in [2.45, 2.75) is 49.6 Å². The molecule has 5 nitrogen and oxygen atoms in total. The summed E-state index contributed by atoms with van der Waals surface area (Å²) in [5.74, 6) is -0.786. The Morgan fingerprint density at radius 3 is 2.38 bits per heavy atom. The minimum absolute atomic E-state index is 0.133. The van der Waals surface area contributed by atoms with E-state index < -0.39 is 12.1 Å². The molecule has 1 unspecified atom stereocenters. The Morgan fingerprint density at radius 1 is 1.00 bits per heavy atom. The number of hydrogen-bond acceptors (Lipinski definition) is 5. The zero-order valence-electron chi connectivity index (χ0n) is 21.4. The number of aryl methyl sites for hydroxylation is 1. The molecule has 0 radical (unpaired) electrons. The SMILES string of the molecule is CN(CC(O)CNC(C)(C)Cc1ccc(Cl)c(Cl)c1)Sc1cccc(-c2ccc(CCC(=O)O)cc2)c1. The standard InChI is InChI=1S/C29H34Cl2N2O3S/c1-29(2,17-21-9-13-26(30)27(31)15-21)32-18-24(34)19-33(3)37-25-6-4-5-23(16-25)22-11-7-20(8-12-22)10-14-28(35)36/h4-9,11-13,15-16,24,32,34H,10,14,17-19H2,1-3H3,(H,35,36). The van der Waals surface area contributed by atoms with Crippen LogP contribution in [0.1, 0.15) is 31.4 Å². The van der Waals surface area contributed by atoms with Crippen molar-refractivity contribution in [1.82, 2.24) is 9.62 Å². The topological polar surface area (TPSA) is 72.8 Å². The number of carboxylic acids is 1. The summed E-state index contributed by atoms with van der Waals surface area (Å²) in [6.07, 6.45) is 0.884. The zero-order chi connectivity index (χ0) is 27.0. The number of β-amino-alcohol motifs (C(OH)–C–C–N with tert-alkyl or cyclic N) is 1. The first kappa shape index (κ1) is 29.5. The molecule has 0 spiro atoms. The van der Waals surface area contributed by atoms with Crippen LogP contribution in [0.25, 0.3) is 11.1 Å². The third kappa shape index (κ3) is 9.97. The minimum Gasteiger partial charge on any atom is -0.481 e. The largest absolute Gasteiger partial charge is 0.481 e. The molecule has 3 N–H and O–H groups in total. The van der Waals surface area contributed by atoms with Crippen molar-refractivity contribution in [3.05, 3.63) is 87.9 Å². The second-order valence-corrected chi connectivity index (χ2v) is 12.0. The van der Waals surface area contributed by atoms with Gasteiger partial charge in [-0.05, 0) is 92.2 Å². The first-order valence-electron chi connectivity index (χ1n) is 12.2. The number of aliphatic hydroxyl groups is 1. The van der Waals surface area contributed by atoms with E-state index in [0.717, 1.165) is 33.6 Å². The van der Waals surface area contributed by atoms with E-state index in [9.17, 15) is 9.90 Å². The van der Waals surface area contributed by atoms with Crippen LogP contribution < -0.4 is 5.32 Å². The summed E-state index contributed by atoms with van der Waals surface area (Å²) in [6, 6.07) is 21.9. The molecule has 0 amide bonds. The monoisotopic (exact) mass is 560 g/mol. The van der Waals surface area contributed by atoms with Crippen molar-refractivity contribution in [3.63, 3.8) is 0 Å². The Morgan fingerprint density at radius 2 is 1.70 bits per heavy atom. The molecule has 37 heavy (non-hydrogen) atoms. The van der Waals surface area contributed by atoms with Gasteiger partial charge in [0.1, 0.15) is 0 Å². The highest BCUT2D eigenvalue weighted by Gasteiger charge is 2.20. The van der Waals surface area contributed by atoms with E-state index in [1.165, 1.54) is 0 Å². The molecule has 0 fully saturated rings. The lowest BCUT2D eigenvalue weighted by Gasteiger charge is -2.29. The van der Waals surface area contributed by atoms with Crippen LogP contribution in [-0.4, -0.2) is 52.3 Å². The molecule has 0 heterocycles. The number of aliphatic hydroxyl groups excluding tert-OH is 1. The predicted octanol–water partition coefficient (Wildman–Crippen LogP) is 6.59. The number of nitrogens with one attached hydrogen (secondary N) is 1. The fourth-order valence-electron chi connectivity index (χ4n) is 4.04. The third-order valence-electron chi connectivity index (χ3n) is 5.92. The van der Waals surface area contributed by atoms with Crippen LogP contribution in [0.15, 0.2) is 71.6 Å². The zero-order valence-corrected chi connectivity index (χ0v) is 23.7. The van der Waals surface area contributed by atoms with Crippen LogP contribution in [0.2, 0.25) is 10.0 Å². The second kappa shape index (κ2) is 13.7. The van der Waals surface area contributed by atoms with E-state index in [1.54, 1.807) is 11.9 Å². The summed E-state index contributed by atoms with van der Waals surface area (Å²) in [5, 5.41) is 24.1. The van der Waals surface area contributed by atoms with Gasteiger partial charge in [-0.15, -0.1) is 0 Å². The van der Waals surface area contributed by atoms with Gasteiger partial charge in [0.25, 0.3) is 0 Å². The van der Waals surface area contributed by atoms with Gasteiger partial charge in [-0.1, -0.05) is 65.7 Å². The fraction of sp³-hybridized carbons (Fsp3) is 0.345. The van der Waals surface area contributed by atoms with Crippen LogP contribution in [0.4, 0.5) is 0 Å². The number of rotatable bonds is 13. The number of hydrogen-bond donors (Lipinski definition) is 3. The van der Waals surface area contributed by atoms with E-state index in [4.69, 9.17) is 28.3 Å². The predicted molar refractivity (Wildman–Crippen MR) is 155 cm³/mol. The molecule has 0 aromatic heterocycles. The van der Waals surface area contributed by atoms with Crippen molar-refractivity contribution in [3.8, 4) is 11.1 Å². The molecule has 1 atom stereocenters. The Hall–Kier alpha value is -2.06. The third-order valence-corrected chi connectivity index (χ3v) is 7.59. The van der Waals surface area contributed by atoms with Crippen LogP contribution in [0.3, 0.4) is 0 Å². The van der Waals surface area contributed by atoms with Crippen LogP contribution in [-0.2, 0) is 17.6 Å². The molecule has 3 aromatic carbocycles. The minimum atomic E-state index is -0.786. The molecule has 0 saturated heterocycles. The Bertz CT molecular complexity index is 1190. The van der Waals surface area contributed by atoms with E-state index in [-0.39, 0.29) is 12.0 Å². The molecule has 3 rings (SSSR count). The van der Waals surface area contributed by atoms with Gasteiger partial charge in [-0.2, -0.15) is 0 Å². The number of carbonyl (C=O) groups is 1. The molecule has 198 valence electrons. The van der Waals surface area contributed by atoms with Crippen molar-refractivity contribution in [2.24, 2.45) is 0 Å². The molecular weight excluding hydrogens is 527 g/mol. The van der Waals surface area contributed by atoms with E-state index in [1.807, 2.05) is 59.9 Å². The van der Waals surface area contributed by atoms with Gasteiger partial charge in [0.05, 0.1) is 16.1 Å². The van der Waals surface area contributed by atoms with Crippen LogP contribution in [0, 0.1) is 0 Å². The summed E-state index contributed by atoms with van der Waals surface area (Å²) < 4.78 is 2.03. The van der Waals surface area contributed by atoms with Gasteiger partial charge >= 0.3 is 5.97 Å². The smallest absolute Gasteiger partial charge is 0.303 e. The van der Waals surface area contributed by atoms with Gasteiger partial charge < -0.3 is 15.5 Å². The molecule has 0 aliphatic rings. The number of benzene rings is 3. The lowest BCUT2D eigenvalue weighted by atomic mass is 9.94. The molecular formula is C29H34Cl2N2O3S. The fourth-order valence-corrected chi connectivity index (χ4v) is 5.29. The highest BCUT2D eigenvalue weighted by atomic mass is 35.5. The normalized spacial score (nSPS) is 12.6. The van der Waals surface area contributed by atoms with E-state index in [2.05, 4.69) is 37.4 Å². The lowest BCUT2D eigenvalue weighted by Crippen LogP contribution is -2.46. The molecule has 3 aromatic rings. The maximum Gasteiger partial charge on any atom is 0.303 e. The summed E-state index contributed by atoms with van der Waals surface area (Å²) in [6.45, 7) is 5.17. The van der Waals surface area contributed by atoms with Gasteiger partial charge in [-0.25, -0.2) is 4.31 Å². The Kier molecular flexibility index (Phi) is 10.9. The molecule has 0 aliphatic carbocycles. The number of aliphatic carboxylic acids is 1. The van der Waals surface area contributed by atoms with Crippen molar-refractivity contribution in [1.29, 1.82) is 0 Å².